The van der Waals surface area contributed by atoms with E-state index in [0.717, 1.165) is 130 Å². The number of carbonyl (C=O) groups excluding carboxylic acids is 1. The number of carbonyl (C=O) groups is 1. The van der Waals surface area contributed by atoms with E-state index in [-0.39, 0.29) is 28.9 Å². The van der Waals surface area contributed by atoms with E-state index in [0.29, 0.717) is 23.7 Å². The van der Waals surface area contributed by atoms with Gasteiger partial charge in [-0.15, -0.1) is 0 Å². The number of hydrogen-bond acceptors (Lipinski definition) is 6. The van der Waals surface area contributed by atoms with Gasteiger partial charge in [0.15, 0.2) is 0 Å². The zero-order valence-corrected chi connectivity index (χ0v) is 28.3. The molecule has 9 rings (SSSR count). The summed E-state index contributed by atoms with van der Waals surface area (Å²) < 4.78 is 54.1. The summed E-state index contributed by atoms with van der Waals surface area (Å²) in [4.78, 5) is 22.4. The van der Waals surface area contributed by atoms with Crippen LogP contribution in [0.3, 0.4) is 0 Å². The van der Waals surface area contributed by atoms with Gasteiger partial charge in [-0.3, -0.25) is 4.79 Å². The summed E-state index contributed by atoms with van der Waals surface area (Å²) in [5.74, 6) is 2.23. The number of hydrogen-bond donors (Lipinski definition) is 0. The lowest BCUT2D eigenvalue weighted by Gasteiger charge is -2.53. The molecule has 0 unspecified atom stereocenters. The number of rotatable bonds is 8. The molecular formula is C40H43F3N4O3. The first kappa shape index (κ1) is 31.9. The van der Waals surface area contributed by atoms with Gasteiger partial charge in [-0.25, -0.2) is 4.98 Å². The Morgan fingerprint density at radius 3 is 2.40 bits per heavy atom. The van der Waals surface area contributed by atoms with Gasteiger partial charge >= 0.3 is 6.18 Å². The van der Waals surface area contributed by atoms with Crippen molar-refractivity contribution in [3.63, 3.8) is 0 Å². The standard InChI is InChI=1S/C40H43F3N4O3/c41-40(42,43)32-9-2-1-8-29(32)36-31(37(50-45-36)26-10-11-26)20-25-23-39(24-25)14-18-46(19-15-39)27-12-13-33-30(21-27)35(49-28-6-5-7-28)22-34(44-33)38(48)47-16-3-4-17-47/h1-2,8-9,12-13,21-22,25-26,28H,3-7,10-11,14-20,23-24H2. The minimum atomic E-state index is -4.46. The summed E-state index contributed by atoms with van der Waals surface area (Å²) in [5.41, 5.74) is 3.39. The SMILES string of the molecule is O=C(c1cc(OC2CCC2)c2cc(N3CCC4(CC3)CC(Cc3c(-c5ccccc5C(F)(F)F)noc3C3CC3)C4)ccc2n1)N1CCCC1. The second-order valence-electron chi connectivity index (χ2n) is 15.5. The Bertz CT molecular complexity index is 1910. The molecule has 5 aliphatic rings. The molecule has 50 heavy (non-hydrogen) atoms. The van der Waals surface area contributed by atoms with E-state index >= 15 is 0 Å². The molecule has 7 nitrogen and oxygen atoms in total. The van der Waals surface area contributed by atoms with Crippen molar-refractivity contribution >= 4 is 22.5 Å². The number of anilines is 1. The lowest BCUT2D eigenvalue weighted by atomic mass is 9.56. The topological polar surface area (TPSA) is 71.7 Å². The summed E-state index contributed by atoms with van der Waals surface area (Å²) in [6.07, 6.45) is 8.09. The van der Waals surface area contributed by atoms with E-state index in [4.69, 9.17) is 14.2 Å². The third-order valence-electron chi connectivity index (χ3n) is 12.1. The van der Waals surface area contributed by atoms with Gasteiger partial charge in [0.05, 0.1) is 17.2 Å². The van der Waals surface area contributed by atoms with Crippen LogP contribution < -0.4 is 9.64 Å². The number of piperidine rings is 1. The molecule has 2 saturated heterocycles. The molecule has 1 spiro atoms. The summed E-state index contributed by atoms with van der Waals surface area (Å²) in [6, 6.07) is 14.0. The molecule has 4 heterocycles. The second kappa shape index (κ2) is 12.3. The monoisotopic (exact) mass is 684 g/mol. The molecule has 0 atom stereocenters. The third kappa shape index (κ3) is 5.92. The molecule has 2 aromatic heterocycles. The zero-order chi connectivity index (χ0) is 34.0. The fourth-order valence-corrected chi connectivity index (χ4v) is 8.92. The number of ether oxygens (including phenoxy) is 1. The van der Waals surface area contributed by atoms with Crippen molar-refractivity contribution in [2.75, 3.05) is 31.1 Å². The molecule has 3 aliphatic carbocycles. The number of fused-ring (bicyclic) bond motifs is 1. The van der Waals surface area contributed by atoms with Gasteiger partial charge in [0, 0.05) is 60.4 Å². The molecular weight excluding hydrogens is 641 g/mol. The highest BCUT2D eigenvalue weighted by molar-refractivity contribution is 5.98. The average Bonchev–Trinajstić information content (AvgIpc) is 3.60. The normalized spacial score (nSPS) is 21.1. The lowest BCUT2D eigenvalue weighted by Crippen LogP contribution is -2.47. The van der Waals surface area contributed by atoms with E-state index < -0.39 is 11.7 Å². The van der Waals surface area contributed by atoms with Gasteiger partial charge in [0.25, 0.3) is 5.91 Å². The van der Waals surface area contributed by atoms with Crippen LogP contribution in [0.15, 0.2) is 53.1 Å². The Hall–Kier alpha value is -4.08. The molecule has 0 bridgehead atoms. The zero-order valence-electron chi connectivity index (χ0n) is 28.3. The number of likely N-dealkylation sites (tertiary alicyclic amines) is 1. The summed E-state index contributed by atoms with van der Waals surface area (Å²) >= 11 is 0. The van der Waals surface area contributed by atoms with Crippen LogP contribution in [0.2, 0.25) is 0 Å². The number of benzene rings is 2. The maximum absolute atomic E-state index is 14.0. The van der Waals surface area contributed by atoms with Crippen molar-refractivity contribution in [3.05, 3.63) is 71.1 Å². The first-order chi connectivity index (χ1) is 24.2. The Balaban J connectivity index is 0.895. The maximum Gasteiger partial charge on any atom is 0.417 e. The predicted octanol–water partition coefficient (Wildman–Crippen LogP) is 9.19. The first-order valence-corrected chi connectivity index (χ1v) is 18.5. The number of alkyl halides is 3. The molecule has 3 saturated carbocycles. The number of halogens is 3. The first-order valence-electron chi connectivity index (χ1n) is 18.5. The van der Waals surface area contributed by atoms with E-state index in [1.165, 1.54) is 18.6 Å². The largest absolute Gasteiger partial charge is 0.490 e. The van der Waals surface area contributed by atoms with Gasteiger partial charge in [0.2, 0.25) is 0 Å². The fourth-order valence-electron chi connectivity index (χ4n) is 8.92. The van der Waals surface area contributed by atoms with Gasteiger partial charge in [-0.05, 0) is 113 Å². The summed E-state index contributed by atoms with van der Waals surface area (Å²) in [5, 5.41) is 5.21. The molecule has 2 aromatic carbocycles. The van der Waals surface area contributed by atoms with Crippen LogP contribution >= 0.6 is 0 Å². The molecule has 262 valence electrons. The lowest BCUT2D eigenvalue weighted by molar-refractivity contribution is -0.137. The summed E-state index contributed by atoms with van der Waals surface area (Å²) in [6.45, 7) is 3.46. The van der Waals surface area contributed by atoms with Crippen LogP contribution in [0.25, 0.3) is 22.2 Å². The van der Waals surface area contributed by atoms with Crippen LogP contribution in [0.5, 0.6) is 5.75 Å². The van der Waals surface area contributed by atoms with Gasteiger partial charge in [-0.1, -0.05) is 23.4 Å². The van der Waals surface area contributed by atoms with Crippen molar-refractivity contribution in [1.29, 1.82) is 0 Å². The Morgan fingerprint density at radius 2 is 1.70 bits per heavy atom. The van der Waals surface area contributed by atoms with Gasteiger partial charge < -0.3 is 19.1 Å². The Morgan fingerprint density at radius 1 is 0.940 bits per heavy atom. The van der Waals surface area contributed by atoms with Crippen molar-refractivity contribution in [2.45, 2.75) is 95.2 Å². The Kier molecular flexibility index (Phi) is 7.84. The van der Waals surface area contributed by atoms with Crippen molar-refractivity contribution in [3.8, 4) is 17.0 Å². The molecule has 5 fully saturated rings. The van der Waals surface area contributed by atoms with Crippen molar-refractivity contribution in [1.82, 2.24) is 15.0 Å². The summed E-state index contributed by atoms with van der Waals surface area (Å²) in [7, 11) is 0. The molecule has 10 heteroatoms. The minimum Gasteiger partial charge on any atom is -0.490 e. The van der Waals surface area contributed by atoms with E-state index in [2.05, 4.69) is 22.2 Å². The number of amides is 1. The number of pyridine rings is 1. The van der Waals surface area contributed by atoms with E-state index in [9.17, 15) is 18.0 Å². The van der Waals surface area contributed by atoms with Crippen molar-refractivity contribution in [2.24, 2.45) is 11.3 Å². The average molecular weight is 685 g/mol. The fraction of sp³-hybridized carbons (Fsp3) is 0.525. The minimum absolute atomic E-state index is 0.0118. The molecule has 1 amide bonds. The highest BCUT2D eigenvalue weighted by atomic mass is 19.4. The quantitative estimate of drug-likeness (QED) is 0.184. The highest BCUT2D eigenvalue weighted by Crippen LogP contribution is 2.55. The predicted molar refractivity (Wildman–Crippen MR) is 184 cm³/mol. The van der Waals surface area contributed by atoms with E-state index in [1.807, 2.05) is 17.0 Å². The van der Waals surface area contributed by atoms with Crippen LogP contribution in [0.4, 0.5) is 18.9 Å². The van der Waals surface area contributed by atoms with Crippen LogP contribution in [0, 0.1) is 11.3 Å². The number of aromatic nitrogens is 2. The van der Waals surface area contributed by atoms with Gasteiger partial charge in [-0.2, -0.15) is 13.2 Å². The molecule has 0 radical (unpaired) electrons. The van der Waals surface area contributed by atoms with Crippen LogP contribution in [0.1, 0.15) is 104 Å². The highest BCUT2D eigenvalue weighted by Gasteiger charge is 2.47. The molecule has 4 aromatic rings. The number of nitrogens with zero attached hydrogens (tertiary/aromatic N) is 4. The third-order valence-corrected chi connectivity index (χ3v) is 12.1. The Labute approximate surface area is 290 Å². The van der Waals surface area contributed by atoms with Crippen LogP contribution in [-0.2, 0) is 12.6 Å². The molecule has 0 N–H and O–H groups in total. The van der Waals surface area contributed by atoms with Crippen molar-refractivity contribution < 1.29 is 27.2 Å². The van der Waals surface area contributed by atoms with Crippen LogP contribution in [-0.4, -0.2) is 53.2 Å². The smallest absolute Gasteiger partial charge is 0.417 e. The van der Waals surface area contributed by atoms with E-state index in [1.54, 1.807) is 6.07 Å². The van der Waals surface area contributed by atoms with Gasteiger partial charge in [0.1, 0.15) is 22.9 Å². The molecule has 2 aliphatic heterocycles. The maximum atomic E-state index is 14.0. The second-order valence-corrected chi connectivity index (χ2v) is 15.5.